The van der Waals surface area contributed by atoms with Gasteiger partial charge in [-0.2, -0.15) is 0 Å². The van der Waals surface area contributed by atoms with Crippen molar-refractivity contribution in [2.24, 2.45) is 0 Å². The highest BCUT2D eigenvalue weighted by Gasteiger charge is 2.57. The zero-order valence-electron chi connectivity index (χ0n) is 22.4. The summed E-state index contributed by atoms with van der Waals surface area (Å²) in [6.45, 7) is 27.4. The summed E-state index contributed by atoms with van der Waals surface area (Å²) in [4.78, 5) is 0. The molecule has 0 saturated carbocycles. The van der Waals surface area contributed by atoms with Crippen LogP contribution in [0.4, 0.5) is 0 Å². The standard InChI is InChI=1S/C32H39O3P/c1-10-22-14-16-26(33-9)28(24(22)12-3)29-25(13-4)23(11-2)15-17-27(29)36-30(5,6)20-32(21-31(36,7)8)34-18-19-35-32/h10-17H,1-4,18-21H2,5-9H3. The quantitative estimate of drug-likeness (QED) is 0.358. The van der Waals surface area contributed by atoms with Gasteiger partial charge in [0.25, 0.3) is 0 Å². The van der Waals surface area contributed by atoms with Crippen molar-refractivity contribution in [1.82, 2.24) is 0 Å². The molecule has 2 aromatic rings. The largest absolute Gasteiger partial charge is 0.496 e. The van der Waals surface area contributed by atoms with Crippen LogP contribution in [-0.4, -0.2) is 36.4 Å². The molecule has 1 spiro atoms. The third-order valence-corrected chi connectivity index (χ3v) is 11.1. The molecule has 2 aliphatic rings. The topological polar surface area (TPSA) is 27.7 Å². The predicted octanol–water partition coefficient (Wildman–Crippen LogP) is 8.14. The monoisotopic (exact) mass is 502 g/mol. The van der Waals surface area contributed by atoms with Crippen molar-refractivity contribution in [3.05, 3.63) is 72.8 Å². The van der Waals surface area contributed by atoms with Crippen molar-refractivity contribution in [3.8, 4) is 16.9 Å². The van der Waals surface area contributed by atoms with Crippen LogP contribution >= 0.6 is 7.92 Å². The van der Waals surface area contributed by atoms with Gasteiger partial charge in [-0.25, -0.2) is 0 Å². The molecular weight excluding hydrogens is 463 g/mol. The Morgan fingerprint density at radius 1 is 0.750 bits per heavy atom. The molecule has 2 aliphatic heterocycles. The lowest BCUT2D eigenvalue weighted by atomic mass is 9.89. The fourth-order valence-electron chi connectivity index (χ4n) is 6.62. The zero-order chi connectivity index (χ0) is 26.3. The Labute approximate surface area is 218 Å². The maximum absolute atomic E-state index is 6.25. The van der Waals surface area contributed by atoms with E-state index in [1.807, 2.05) is 36.4 Å². The fourth-order valence-corrected chi connectivity index (χ4v) is 11.0. The molecule has 190 valence electrons. The molecule has 2 saturated heterocycles. The third kappa shape index (κ3) is 4.32. The van der Waals surface area contributed by atoms with E-state index in [0.29, 0.717) is 13.2 Å². The van der Waals surface area contributed by atoms with Crippen LogP contribution < -0.4 is 10.0 Å². The second-order valence-corrected chi connectivity index (χ2v) is 14.4. The van der Waals surface area contributed by atoms with E-state index in [4.69, 9.17) is 14.2 Å². The zero-order valence-corrected chi connectivity index (χ0v) is 23.3. The molecule has 4 heteroatoms. The normalized spacial score (nSPS) is 20.1. The average molecular weight is 503 g/mol. The molecule has 0 aliphatic carbocycles. The Morgan fingerprint density at radius 3 is 1.72 bits per heavy atom. The molecule has 0 atom stereocenters. The number of hydrogen-bond acceptors (Lipinski definition) is 3. The number of hydrogen-bond donors (Lipinski definition) is 0. The van der Waals surface area contributed by atoms with Gasteiger partial charge in [-0.05, 0) is 43.9 Å². The van der Waals surface area contributed by atoms with Crippen LogP contribution in [0.2, 0.25) is 0 Å². The van der Waals surface area contributed by atoms with Gasteiger partial charge in [-0.15, -0.1) is 0 Å². The summed E-state index contributed by atoms with van der Waals surface area (Å²) in [6, 6.07) is 8.54. The molecule has 36 heavy (non-hydrogen) atoms. The molecule has 0 aromatic heterocycles. The molecule has 2 heterocycles. The van der Waals surface area contributed by atoms with Crippen molar-refractivity contribution in [2.75, 3.05) is 20.3 Å². The average Bonchev–Trinajstić information content (AvgIpc) is 3.27. The van der Waals surface area contributed by atoms with E-state index in [9.17, 15) is 0 Å². The van der Waals surface area contributed by atoms with Gasteiger partial charge in [-0.1, -0.05) is 104 Å². The van der Waals surface area contributed by atoms with Crippen LogP contribution in [0.1, 0.15) is 62.8 Å². The third-order valence-electron chi connectivity index (χ3n) is 7.49. The highest BCUT2D eigenvalue weighted by atomic mass is 31.1. The van der Waals surface area contributed by atoms with Crippen LogP contribution in [-0.2, 0) is 9.47 Å². The van der Waals surface area contributed by atoms with E-state index in [0.717, 1.165) is 52.0 Å². The molecule has 0 radical (unpaired) electrons. The number of ether oxygens (including phenoxy) is 3. The Bertz CT molecular complexity index is 1190. The molecule has 0 amide bonds. The lowest BCUT2D eigenvalue weighted by Crippen LogP contribution is -2.52. The summed E-state index contributed by atoms with van der Waals surface area (Å²) in [5, 5.41) is 1.25. The first-order valence-corrected chi connectivity index (χ1v) is 13.9. The van der Waals surface area contributed by atoms with Crippen LogP contribution in [0.5, 0.6) is 5.75 Å². The molecule has 2 fully saturated rings. The van der Waals surface area contributed by atoms with Crippen molar-refractivity contribution < 1.29 is 14.2 Å². The van der Waals surface area contributed by atoms with Crippen LogP contribution in [0.3, 0.4) is 0 Å². The molecule has 2 aromatic carbocycles. The molecule has 0 unspecified atom stereocenters. The first-order valence-electron chi connectivity index (χ1n) is 12.5. The molecule has 4 rings (SSSR count). The van der Waals surface area contributed by atoms with Gasteiger partial charge in [0.15, 0.2) is 5.79 Å². The number of rotatable bonds is 7. The minimum atomic E-state index is -0.686. The fraction of sp³-hybridized carbons (Fsp3) is 0.375. The Morgan fingerprint density at radius 2 is 1.25 bits per heavy atom. The van der Waals surface area contributed by atoms with Gasteiger partial charge in [0.1, 0.15) is 5.75 Å². The van der Waals surface area contributed by atoms with Crippen molar-refractivity contribution in [2.45, 2.75) is 56.6 Å². The van der Waals surface area contributed by atoms with Gasteiger partial charge in [0.05, 0.1) is 20.3 Å². The SMILES string of the molecule is C=Cc1ccc(OC)c(-c2c(P3C(C)(C)CC4(CC3(C)C)OCCO4)ccc(C=C)c2C=C)c1C=C. The maximum Gasteiger partial charge on any atom is 0.170 e. The van der Waals surface area contributed by atoms with E-state index in [2.05, 4.69) is 66.1 Å². The highest BCUT2D eigenvalue weighted by molar-refractivity contribution is 7.69. The first-order chi connectivity index (χ1) is 17.1. The van der Waals surface area contributed by atoms with Crippen molar-refractivity contribution in [3.63, 3.8) is 0 Å². The van der Waals surface area contributed by atoms with Gasteiger partial charge < -0.3 is 14.2 Å². The smallest absolute Gasteiger partial charge is 0.170 e. The van der Waals surface area contributed by atoms with Crippen LogP contribution in [0.25, 0.3) is 35.4 Å². The molecule has 3 nitrogen and oxygen atoms in total. The summed E-state index contributed by atoms with van der Waals surface area (Å²) in [7, 11) is 1.04. The summed E-state index contributed by atoms with van der Waals surface area (Å²) < 4.78 is 18.5. The molecular formula is C32H39O3P. The lowest BCUT2D eigenvalue weighted by molar-refractivity contribution is -0.178. The lowest BCUT2D eigenvalue weighted by Gasteiger charge is -2.55. The Balaban J connectivity index is 2.08. The van der Waals surface area contributed by atoms with E-state index in [-0.39, 0.29) is 10.3 Å². The summed E-state index contributed by atoms with van der Waals surface area (Å²) in [6.07, 6.45) is 9.36. The van der Waals surface area contributed by atoms with Crippen LogP contribution in [0.15, 0.2) is 50.6 Å². The van der Waals surface area contributed by atoms with Gasteiger partial charge >= 0.3 is 0 Å². The highest BCUT2D eigenvalue weighted by Crippen LogP contribution is 2.69. The van der Waals surface area contributed by atoms with E-state index >= 15 is 0 Å². The van der Waals surface area contributed by atoms with Crippen molar-refractivity contribution >= 4 is 37.5 Å². The minimum absolute atomic E-state index is 0.0397. The summed E-state index contributed by atoms with van der Waals surface area (Å²) in [5.41, 5.74) is 6.32. The second-order valence-electron chi connectivity index (χ2n) is 10.8. The van der Waals surface area contributed by atoms with E-state index in [1.165, 1.54) is 5.30 Å². The minimum Gasteiger partial charge on any atom is -0.496 e. The van der Waals surface area contributed by atoms with Gasteiger partial charge in [-0.3, -0.25) is 0 Å². The van der Waals surface area contributed by atoms with Crippen LogP contribution in [0, 0.1) is 0 Å². The second kappa shape index (κ2) is 9.78. The van der Waals surface area contributed by atoms with E-state index in [1.54, 1.807) is 7.11 Å². The van der Waals surface area contributed by atoms with Gasteiger partial charge in [0, 0.05) is 24.0 Å². The van der Waals surface area contributed by atoms with Crippen molar-refractivity contribution in [1.29, 1.82) is 0 Å². The first kappa shape index (κ1) is 26.6. The number of methoxy groups -OCH3 is 1. The summed E-state index contributed by atoms with van der Waals surface area (Å²) >= 11 is 0. The molecule has 0 N–H and O–H groups in total. The Kier molecular flexibility index (Phi) is 7.23. The predicted molar refractivity (Wildman–Crippen MR) is 157 cm³/mol. The van der Waals surface area contributed by atoms with E-state index < -0.39 is 13.7 Å². The maximum atomic E-state index is 6.25. The van der Waals surface area contributed by atoms with Gasteiger partial charge in [0.2, 0.25) is 0 Å². The Hall–Kier alpha value is -2.45. The molecule has 0 bridgehead atoms. The summed E-state index contributed by atoms with van der Waals surface area (Å²) in [5.74, 6) is 0.309. The number of benzene rings is 2.